The Morgan fingerprint density at radius 3 is 2.80 bits per heavy atom. The Bertz CT molecular complexity index is 458. The number of methoxy groups -OCH3 is 1. The predicted octanol–water partition coefficient (Wildman–Crippen LogP) is 1.46. The number of amides is 1. The molecule has 1 saturated carbocycles. The standard InChI is InChI=1S/C15H22N2O3/c1-3-16-9-11-4-7-13(19-2)14(8-11)20-10-15(18)17-12-5-6-12/h4,7-8,12,16H,3,5-6,9-10H2,1-2H3,(H,17,18). The van der Waals surface area contributed by atoms with Crippen molar-refractivity contribution in [3.05, 3.63) is 23.8 Å². The van der Waals surface area contributed by atoms with Crippen LogP contribution in [0.3, 0.4) is 0 Å². The molecule has 1 aliphatic rings. The molecule has 110 valence electrons. The molecule has 0 aliphatic heterocycles. The largest absolute Gasteiger partial charge is 0.493 e. The van der Waals surface area contributed by atoms with Crippen LogP contribution in [0.4, 0.5) is 0 Å². The fourth-order valence-electron chi connectivity index (χ4n) is 1.85. The van der Waals surface area contributed by atoms with Gasteiger partial charge in [-0.05, 0) is 37.1 Å². The Kier molecular flexibility index (Phi) is 5.24. The van der Waals surface area contributed by atoms with E-state index in [0.717, 1.165) is 31.5 Å². The highest BCUT2D eigenvalue weighted by Gasteiger charge is 2.23. The minimum absolute atomic E-state index is 0.0253. The predicted molar refractivity (Wildman–Crippen MR) is 77.0 cm³/mol. The van der Waals surface area contributed by atoms with E-state index >= 15 is 0 Å². The lowest BCUT2D eigenvalue weighted by Gasteiger charge is -2.12. The van der Waals surface area contributed by atoms with Gasteiger partial charge < -0.3 is 20.1 Å². The number of hydrogen-bond acceptors (Lipinski definition) is 4. The molecule has 0 unspecified atom stereocenters. The number of rotatable bonds is 8. The molecule has 0 radical (unpaired) electrons. The van der Waals surface area contributed by atoms with Crippen molar-refractivity contribution in [3.8, 4) is 11.5 Å². The highest BCUT2D eigenvalue weighted by Crippen LogP contribution is 2.28. The molecule has 0 heterocycles. The highest BCUT2D eigenvalue weighted by molar-refractivity contribution is 5.78. The van der Waals surface area contributed by atoms with Gasteiger partial charge in [0.25, 0.3) is 5.91 Å². The van der Waals surface area contributed by atoms with Crippen molar-refractivity contribution in [2.24, 2.45) is 0 Å². The average Bonchev–Trinajstić information content (AvgIpc) is 3.26. The summed E-state index contributed by atoms with van der Waals surface area (Å²) < 4.78 is 10.8. The van der Waals surface area contributed by atoms with E-state index in [1.807, 2.05) is 18.2 Å². The van der Waals surface area contributed by atoms with E-state index in [9.17, 15) is 4.79 Å². The fourth-order valence-corrected chi connectivity index (χ4v) is 1.85. The second-order valence-electron chi connectivity index (χ2n) is 4.90. The van der Waals surface area contributed by atoms with Gasteiger partial charge in [-0.25, -0.2) is 0 Å². The van der Waals surface area contributed by atoms with Crippen LogP contribution in [0.2, 0.25) is 0 Å². The molecule has 20 heavy (non-hydrogen) atoms. The Labute approximate surface area is 119 Å². The summed E-state index contributed by atoms with van der Waals surface area (Å²) in [6.07, 6.45) is 2.15. The Morgan fingerprint density at radius 2 is 2.15 bits per heavy atom. The summed E-state index contributed by atoms with van der Waals surface area (Å²) in [5.74, 6) is 1.17. The molecule has 0 aromatic heterocycles. The maximum absolute atomic E-state index is 11.6. The summed E-state index contributed by atoms with van der Waals surface area (Å²) in [7, 11) is 1.59. The molecule has 1 fully saturated rings. The molecular formula is C15H22N2O3. The number of hydrogen-bond donors (Lipinski definition) is 2. The monoisotopic (exact) mass is 278 g/mol. The first-order valence-corrected chi connectivity index (χ1v) is 7.02. The van der Waals surface area contributed by atoms with Crippen LogP contribution in [0.15, 0.2) is 18.2 Å². The van der Waals surface area contributed by atoms with E-state index < -0.39 is 0 Å². The van der Waals surface area contributed by atoms with Crippen molar-refractivity contribution in [2.75, 3.05) is 20.3 Å². The van der Waals surface area contributed by atoms with Gasteiger partial charge >= 0.3 is 0 Å². The second kappa shape index (κ2) is 7.14. The normalized spacial score (nSPS) is 13.9. The lowest BCUT2D eigenvalue weighted by molar-refractivity contribution is -0.123. The van der Waals surface area contributed by atoms with Crippen molar-refractivity contribution in [1.82, 2.24) is 10.6 Å². The van der Waals surface area contributed by atoms with Crippen molar-refractivity contribution in [3.63, 3.8) is 0 Å². The zero-order chi connectivity index (χ0) is 14.4. The first kappa shape index (κ1) is 14.7. The number of carbonyl (C=O) groups is 1. The van der Waals surface area contributed by atoms with Crippen LogP contribution in [0.1, 0.15) is 25.3 Å². The molecule has 1 amide bonds. The quantitative estimate of drug-likeness (QED) is 0.756. The van der Waals surface area contributed by atoms with Gasteiger partial charge in [-0.2, -0.15) is 0 Å². The van der Waals surface area contributed by atoms with Gasteiger partial charge in [0, 0.05) is 12.6 Å². The molecular weight excluding hydrogens is 256 g/mol. The van der Waals surface area contributed by atoms with Crippen LogP contribution >= 0.6 is 0 Å². The van der Waals surface area contributed by atoms with Gasteiger partial charge in [0.2, 0.25) is 0 Å². The van der Waals surface area contributed by atoms with Gasteiger partial charge in [0.1, 0.15) is 0 Å². The van der Waals surface area contributed by atoms with Crippen LogP contribution in [-0.4, -0.2) is 32.2 Å². The SMILES string of the molecule is CCNCc1ccc(OC)c(OCC(=O)NC2CC2)c1. The van der Waals surface area contributed by atoms with E-state index in [1.54, 1.807) is 7.11 Å². The lowest BCUT2D eigenvalue weighted by atomic mass is 10.2. The summed E-state index contributed by atoms with van der Waals surface area (Å²) in [6.45, 7) is 3.76. The van der Waals surface area contributed by atoms with Crippen molar-refractivity contribution < 1.29 is 14.3 Å². The molecule has 1 aromatic carbocycles. The maximum atomic E-state index is 11.6. The molecule has 5 nitrogen and oxygen atoms in total. The molecule has 0 atom stereocenters. The molecule has 0 spiro atoms. The van der Waals surface area contributed by atoms with E-state index in [-0.39, 0.29) is 12.5 Å². The zero-order valence-corrected chi connectivity index (χ0v) is 12.1. The summed E-state index contributed by atoms with van der Waals surface area (Å²) in [5.41, 5.74) is 1.10. The third kappa shape index (κ3) is 4.42. The van der Waals surface area contributed by atoms with Gasteiger partial charge in [-0.15, -0.1) is 0 Å². The van der Waals surface area contributed by atoms with E-state index in [0.29, 0.717) is 17.5 Å². The molecule has 0 saturated heterocycles. The topological polar surface area (TPSA) is 59.6 Å². The van der Waals surface area contributed by atoms with E-state index in [4.69, 9.17) is 9.47 Å². The third-order valence-corrected chi connectivity index (χ3v) is 3.11. The Balaban J connectivity index is 1.93. The number of ether oxygens (including phenoxy) is 2. The minimum Gasteiger partial charge on any atom is -0.493 e. The lowest BCUT2D eigenvalue weighted by Crippen LogP contribution is -2.30. The van der Waals surface area contributed by atoms with E-state index in [2.05, 4.69) is 17.6 Å². The molecule has 1 aromatic rings. The highest BCUT2D eigenvalue weighted by atomic mass is 16.5. The van der Waals surface area contributed by atoms with Crippen LogP contribution < -0.4 is 20.1 Å². The Hall–Kier alpha value is -1.75. The average molecular weight is 278 g/mol. The van der Waals surface area contributed by atoms with Crippen LogP contribution in [0.25, 0.3) is 0 Å². The molecule has 2 N–H and O–H groups in total. The smallest absolute Gasteiger partial charge is 0.258 e. The van der Waals surface area contributed by atoms with E-state index in [1.165, 1.54) is 0 Å². The van der Waals surface area contributed by atoms with Crippen LogP contribution in [0.5, 0.6) is 11.5 Å². The number of benzene rings is 1. The van der Waals surface area contributed by atoms with Crippen LogP contribution in [0, 0.1) is 0 Å². The van der Waals surface area contributed by atoms with Gasteiger partial charge in [0.05, 0.1) is 7.11 Å². The fraction of sp³-hybridized carbons (Fsp3) is 0.533. The minimum atomic E-state index is -0.0772. The maximum Gasteiger partial charge on any atom is 0.258 e. The molecule has 2 rings (SSSR count). The van der Waals surface area contributed by atoms with Gasteiger partial charge in [0.15, 0.2) is 18.1 Å². The first-order chi connectivity index (χ1) is 9.72. The summed E-state index contributed by atoms with van der Waals surface area (Å²) in [4.78, 5) is 11.6. The summed E-state index contributed by atoms with van der Waals surface area (Å²) in [5, 5.41) is 6.15. The van der Waals surface area contributed by atoms with Gasteiger partial charge in [-0.1, -0.05) is 13.0 Å². The molecule has 5 heteroatoms. The third-order valence-electron chi connectivity index (χ3n) is 3.11. The first-order valence-electron chi connectivity index (χ1n) is 7.02. The van der Waals surface area contributed by atoms with Crippen molar-refractivity contribution in [1.29, 1.82) is 0 Å². The summed E-state index contributed by atoms with van der Waals surface area (Å²) in [6, 6.07) is 6.11. The second-order valence-corrected chi connectivity index (χ2v) is 4.90. The Morgan fingerprint density at radius 1 is 1.35 bits per heavy atom. The number of nitrogens with one attached hydrogen (secondary N) is 2. The number of carbonyl (C=O) groups excluding carboxylic acids is 1. The summed E-state index contributed by atoms with van der Waals surface area (Å²) >= 11 is 0. The molecule has 1 aliphatic carbocycles. The van der Waals surface area contributed by atoms with Crippen LogP contribution in [-0.2, 0) is 11.3 Å². The van der Waals surface area contributed by atoms with Crippen molar-refractivity contribution in [2.45, 2.75) is 32.4 Å². The van der Waals surface area contributed by atoms with Gasteiger partial charge in [-0.3, -0.25) is 4.79 Å². The zero-order valence-electron chi connectivity index (χ0n) is 12.1. The molecule has 0 bridgehead atoms. The van der Waals surface area contributed by atoms with Crippen molar-refractivity contribution >= 4 is 5.91 Å².